The number of carbonyl (C=O) groups excluding carboxylic acids is 4. The van der Waals surface area contributed by atoms with Crippen LogP contribution in [0.5, 0.6) is 0 Å². The fraction of sp³-hybridized carbons (Fsp3) is 0.407. The molecule has 178 valence electrons. The van der Waals surface area contributed by atoms with Crippen LogP contribution in [0.1, 0.15) is 82.2 Å². The molecule has 0 heterocycles. The Labute approximate surface area is 203 Å². The monoisotopic (exact) mass is 482 g/mol. The molecule has 2 aromatic carbocycles. The molecule has 0 aromatic heterocycles. The summed E-state index contributed by atoms with van der Waals surface area (Å²) in [7, 11) is 0. The van der Waals surface area contributed by atoms with Crippen LogP contribution in [-0.4, -0.2) is 36.2 Å². The normalized spacial score (nSPS) is 21.6. The first-order valence-corrected chi connectivity index (χ1v) is 11.9. The Bertz CT molecular complexity index is 1170. The van der Waals surface area contributed by atoms with Crippen molar-refractivity contribution in [2.45, 2.75) is 46.1 Å². The lowest BCUT2D eigenvalue weighted by Crippen LogP contribution is -2.36. The fourth-order valence-electron chi connectivity index (χ4n) is 4.96. The van der Waals surface area contributed by atoms with Gasteiger partial charge in [0.25, 0.3) is 0 Å². The number of hydrogen-bond donors (Lipinski definition) is 0. The summed E-state index contributed by atoms with van der Waals surface area (Å²) >= 11 is 6.40. The van der Waals surface area contributed by atoms with Gasteiger partial charge in [0.05, 0.1) is 16.1 Å². The molecule has 6 nitrogen and oxygen atoms in total. The summed E-state index contributed by atoms with van der Waals surface area (Å²) in [6.45, 7) is 5.81. The Morgan fingerprint density at radius 1 is 1.00 bits per heavy atom. The second-order valence-electron chi connectivity index (χ2n) is 9.48. The molecule has 1 saturated carbocycles. The number of rotatable bonds is 5. The molecular weight excluding hydrogens is 456 g/mol. The molecule has 2 aliphatic carbocycles. The summed E-state index contributed by atoms with van der Waals surface area (Å²) in [6, 6.07) is 9.19. The fourth-order valence-corrected chi connectivity index (χ4v) is 5.29. The van der Waals surface area contributed by atoms with Gasteiger partial charge in [0.2, 0.25) is 0 Å². The van der Waals surface area contributed by atoms with E-state index in [1.807, 2.05) is 0 Å². The molecule has 0 aliphatic heterocycles. The third-order valence-corrected chi connectivity index (χ3v) is 7.21. The minimum atomic E-state index is -0.860. The van der Waals surface area contributed by atoms with Gasteiger partial charge in [-0.25, -0.2) is 9.59 Å². The lowest BCUT2D eigenvalue weighted by molar-refractivity contribution is -0.159. The van der Waals surface area contributed by atoms with Crippen molar-refractivity contribution in [3.05, 3.63) is 69.2 Å². The van der Waals surface area contributed by atoms with Gasteiger partial charge < -0.3 is 9.47 Å². The molecule has 0 unspecified atom stereocenters. The van der Waals surface area contributed by atoms with Gasteiger partial charge in [-0.3, -0.25) is 9.59 Å². The molecular formula is C27H27ClO6. The van der Waals surface area contributed by atoms with Crippen molar-refractivity contribution in [1.29, 1.82) is 0 Å². The van der Waals surface area contributed by atoms with Crippen molar-refractivity contribution in [1.82, 2.24) is 0 Å². The largest absolute Gasteiger partial charge is 0.460 e. The minimum Gasteiger partial charge on any atom is -0.460 e. The highest BCUT2D eigenvalue weighted by Gasteiger charge is 2.35. The first-order valence-electron chi connectivity index (χ1n) is 11.6. The highest BCUT2D eigenvalue weighted by molar-refractivity contribution is 6.41. The number of benzene rings is 2. The molecule has 0 radical (unpaired) electrons. The van der Waals surface area contributed by atoms with Gasteiger partial charge in [-0.1, -0.05) is 63.1 Å². The van der Waals surface area contributed by atoms with E-state index >= 15 is 0 Å². The van der Waals surface area contributed by atoms with Crippen molar-refractivity contribution in [3.63, 3.8) is 0 Å². The molecule has 0 bridgehead atoms. The molecule has 2 aromatic rings. The van der Waals surface area contributed by atoms with Crippen molar-refractivity contribution in [2.24, 2.45) is 17.8 Å². The zero-order valence-corrected chi connectivity index (χ0v) is 20.2. The van der Waals surface area contributed by atoms with E-state index in [-0.39, 0.29) is 45.1 Å². The molecule has 0 spiro atoms. The van der Waals surface area contributed by atoms with Gasteiger partial charge in [-0.2, -0.15) is 0 Å². The quantitative estimate of drug-likeness (QED) is 0.460. The van der Waals surface area contributed by atoms with E-state index in [0.717, 1.165) is 19.3 Å². The Morgan fingerprint density at radius 2 is 1.68 bits per heavy atom. The average molecular weight is 483 g/mol. The summed E-state index contributed by atoms with van der Waals surface area (Å²) < 4.78 is 10.8. The van der Waals surface area contributed by atoms with Crippen LogP contribution in [0.2, 0.25) is 5.02 Å². The summed E-state index contributed by atoms with van der Waals surface area (Å²) in [5, 5.41) is -0.162. The van der Waals surface area contributed by atoms with E-state index in [9.17, 15) is 19.2 Å². The number of esters is 2. The van der Waals surface area contributed by atoms with Crippen LogP contribution in [0.4, 0.5) is 0 Å². The predicted molar refractivity (Wildman–Crippen MR) is 126 cm³/mol. The maximum absolute atomic E-state index is 13.0. The Hall–Kier alpha value is -2.99. The van der Waals surface area contributed by atoms with Crippen LogP contribution < -0.4 is 0 Å². The van der Waals surface area contributed by atoms with Crippen LogP contribution in [0.25, 0.3) is 0 Å². The zero-order valence-electron chi connectivity index (χ0n) is 19.4. The van der Waals surface area contributed by atoms with Gasteiger partial charge in [0, 0.05) is 16.7 Å². The van der Waals surface area contributed by atoms with Crippen molar-refractivity contribution < 1.29 is 28.7 Å². The Morgan fingerprint density at radius 3 is 2.35 bits per heavy atom. The number of halogens is 1. The average Bonchev–Trinajstić information content (AvgIpc) is 2.80. The molecule has 4 rings (SSSR count). The summed E-state index contributed by atoms with van der Waals surface area (Å²) in [5.74, 6) is -1.12. The van der Waals surface area contributed by atoms with E-state index < -0.39 is 24.3 Å². The highest BCUT2D eigenvalue weighted by atomic mass is 35.5. The standard InChI is InChI=1S/C27H27ClO6/c1-14(2)16-9-8-15(3)12-21(16)34-22(29)13-33-27(32)20-11-10-19-23(24(20)28)26(31)18-7-5-4-6-17(18)25(19)30/h4-7,10-11,14-16,21H,8-9,12-13H2,1-3H3/t15-,16+,21+/m0/s1. The van der Waals surface area contributed by atoms with Gasteiger partial charge >= 0.3 is 11.9 Å². The van der Waals surface area contributed by atoms with Gasteiger partial charge in [0.15, 0.2) is 18.2 Å². The number of fused-ring (bicyclic) bond motifs is 2. The lowest BCUT2D eigenvalue weighted by Gasteiger charge is -2.36. The summed E-state index contributed by atoms with van der Waals surface area (Å²) in [5.41, 5.74) is 0.553. The molecule has 0 N–H and O–H groups in total. The first kappa shape index (κ1) is 24.1. The Balaban J connectivity index is 1.47. The van der Waals surface area contributed by atoms with Crippen LogP contribution in [0.3, 0.4) is 0 Å². The Kier molecular flexibility index (Phi) is 6.89. The molecule has 0 saturated heterocycles. The predicted octanol–water partition coefficient (Wildman–Crippen LogP) is 5.28. The number of ketones is 2. The molecule has 34 heavy (non-hydrogen) atoms. The topological polar surface area (TPSA) is 86.7 Å². The van der Waals surface area contributed by atoms with Gasteiger partial charge in [0.1, 0.15) is 6.10 Å². The third kappa shape index (κ3) is 4.51. The maximum Gasteiger partial charge on any atom is 0.344 e. The number of ether oxygens (including phenoxy) is 2. The molecule has 1 fully saturated rings. The second kappa shape index (κ2) is 9.71. The third-order valence-electron chi connectivity index (χ3n) is 6.82. The molecule has 7 heteroatoms. The van der Waals surface area contributed by atoms with Crippen LogP contribution in [0.15, 0.2) is 36.4 Å². The molecule has 0 amide bonds. The first-order chi connectivity index (χ1) is 16.2. The zero-order chi connectivity index (χ0) is 24.6. The van der Waals surface area contributed by atoms with Crippen LogP contribution in [0, 0.1) is 17.8 Å². The molecule has 3 atom stereocenters. The number of carbonyl (C=O) groups is 4. The van der Waals surface area contributed by atoms with E-state index in [4.69, 9.17) is 21.1 Å². The number of hydrogen-bond acceptors (Lipinski definition) is 6. The van der Waals surface area contributed by atoms with E-state index in [0.29, 0.717) is 17.4 Å². The highest BCUT2D eigenvalue weighted by Crippen LogP contribution is 2.36. The summed E-state index contributed by atoms with van der Waals surface area (Å²) in [6.07, 6.45) is 2.69. The van der Waals surface area contributed by atoms with E-state index in [2.05, 4.69) is 20.8 Å². The van der Waals surface area contributed by atoms with E-state index in [1.165, 1.54) is 12.1 Å². The summed E-state index contributed by atoms with van der Waals surface area (Å²) in [4.78, 5) is 50.9. The smallest absolute Gasteiger partial charge is 0.344 e. The van der Waals surface area contributed by atoms with Crippen molar-refractivity contribution >= 4 is 35.1 Å². The van der Waals surface area contributed by atoms with E-state index in [1.54, 1.807) is 24.3 Å². The van der Waals surface area contributed by atoms with Gasteiger partial charge in [-0.05, 0) is 42.7 Å². The maximum atomic E-state index is 13.0. The van der Waals surface area contributed by atoms with Crippen molar-refractivity contribution in [2.75, 3.05) is 6.61 Å². The SMILES string of the molecule is CC(C)[C@H]1CC[C@H](C)C[C@H]1OC(=O)COC(=O)c1ccc2c(c1Cl)C(=O)c1ccccc1C2=O. The minimum absolute atomic E-state index is 0.0293. The van der Waals surface area contributed by atoms with Crippen LogP contribution in [-0.2, 0) is 14.3 Å². The second-order valence-corrected chi connectivity index (χ2v) is 9.86. The molecule has 2 aliphatic rings. The van der Waals surface area contributed by atoms with Gasteiger partial charge in [-0.15, -0.1) is 0 Å². The van der Waals surface area contributed by atoms with Crippen LogP contribution >= 0.6 is 11.6 Å². The lowest BCUT2D eigenvalue weighted by atomic mass is 9.75. The van der Waals surface area contributed by atoms with Crippen molar-refractivity contribution in [3.8, 4) is 0 Å².